The lowest BCUT2D eigenvalue weighted by Gasteiger charge is -2.37. The summed E-state index contributed by atoms with van der Waals surface area (Å²) in [5.74, 6) is -1.20. The van der Waals surface area contributed by atoms with Crippen molar-refractivity contribution in [1.29, 1.82) is 0 Å². The Labute approximate surface area is 455 Å². The van der Waals surface area contributed by atoms with E-state index in [0.717, 1.165) is 37.4 Å². The summed E-state index contributed by atoms with van der Waals surface area (Å²) in [6.45, 7) is 20.7. The largest absolute Gasteiger partial charge is 0.464 e. The van der Waals surface area contributed by atoms with Crippen LogP contribution in [0.3, 0.4) is 0 Å². The predicted octanol–water partition coefficient (Wildman–Crippen LogP) is 10.0. The molecule has 2 aromatic carbocycles. The van der Waals surface area contributed by atoms with Crippen LogP contribution in [0.1, 0.15) is 116 Å². The summed E-state index contributed by atoms with van der Waals surface area (Å²) >= 11 is 2.35. The lowest BCUT2D eigenvalue weighted by atomic mass is 9.75. The molecule has 1 aromatic heterocycles. The summed E-state index contributed by atoms with van der Waals surface area (Å²) in [5.41, 5.74) is 1.99. The van der Waals surface area contributed by atoms with Crippen LogP contribution in [0.25, 0.3) is 22.8 Å². The number of amidine groups is 1. The van der Waals surface area contributed by atoms with Gasteiger partial charge in [-0.1, -0.05) is 109 Å². The highest BCUT2D eigenvalue weighted by Gasteiger charge is 2.41. The minimum atomic E-state index is -0.902. The zero-order chi connectivity index (χ0) is 55.2. The van der Waals surface area contributed by atoms with Crippen LogP contribution < -0.4 is 10.6 Å². The van der Waals surface area contributed by atoms with E-state index in [1.807, 2.05) is 60.7 Å². The molecule has 7 unspecified atom stereocenters. The molecule has 16 nitrogen and oxygen atoms in total. The number of esters is 3. The molecule has 3 aromatic rings. The minimum absolute atomic E-state index is 0.00388. The van der Waals surface area contributed by atoms with E-state index in [9.17, 15) is 24.3 Å². The smallest absolute Gasteiger partial charge is 0.342 e. The Kier molecular flexibility index (Phi) is 21.8. The highest BCUT2D eigenvalue weighted by molar-refractivity contribution is 8.01. The lowest BCUT2D eigenvalue weighted by Crippen LogP contribution is -2.41. The van der Waals surface area contributed by atoms with Crippen LogP contribution in [0, 0.1) is 35.5 Å². The zero-order valence-corrected chi connectivity index (χ0v) is 46.7. The molecule has 410 valence electrons. The topological polar surface area (TPSA) is 221 Å². The SMILES string of the molecule is C=C(C)C(=O)OCCCSC(C)C(=O)Nc1[nH]c(C=C2N=C(NC(=O)C(C)SC(COC=O)OCO)C(C(=O)OC3C(C)CC(C)CC3C)=C2c2ccccc2)c(-c2ccccc2)c1C(=O)OC1C(C)CC(C)CC1C. The van der Waals surface area contributed by atoms with Crippen molar-refractivity contribution in [2.75, 3.05) is 31.1 Å². The van der Waals surface area contributed by atoms with Gasteiger partial charge in [-0.25, -0.2) is 19.4 Å². The van der Waals surface area contributed by atoms with Gasteiger partial charge in [0.25, 0.3) is 6.47 Å². The van der Waals surface area contributed by atoms with Gasteiger partial charge in [0.05, 0.1) is 28.5 Å². The van der Waals surface area contributed by atoms with Crippen molar-refractivity contribution < 1.29 is 57.6 Å². The molecule has 0 saturated heterocycles. The van der Waals surface area contributed by atoms with Crippen molar-refractivity contribution >= 4 is 83.0 Å². The maximum absolute atomic E-state index is 15.1. The van der Waals surface area contributed by atoms with Crippen molar-refractivity contribution in [1.82, 2.24) is 10.3 Å². The van der Waals surface area contributed by atoms with E-state index in [2.05, 4.69) is 63.7 Å². The first-order valence-corrected chi connectivity index (χ1v) is 28.1. The Hall–Kier alpha value is -5.95. The van der Waals surface area contributed by atoms with Gasteiger partial charge in [-0.15, -0.1) is 23.5 Å². The molecule has 0 spiro atoms. The number of aromatic amines is 1. The summed E-state index contributed by atoms with van der Waals surface area (Å²) in [5, 5.41) is 14.0. The van der Waals surface area contributed by atoms with Crippen molar-refractivity contribution in [3.8, 4) is 11.1 Å². The number of carbonyl (C=O) groups excluding carboxylic acids is 6. The fourth-order valence-corrected chi connectivity index (χ4v) is 12.5. The number of allylic oxidation sites excluding steroid dienone is 1. The van der Waals surface area contributed by atoms with Crippen molar-refractivity contribution in [3.63, 3.8) is 0 Å². The van der Waals surface area contributed by atoms with Gasteiger partial charge in [0, 0.05) is 16.7 Å². The van der Waals surface area contributed by atoms with E-state index < -0.39 is 64.7 Å². The maximum atomic E-state index is 15.1. The number of aliphatic hydroxyl groups is 1. The number of hydrogen-bond donors (Lipinski definition) is 4. The molecule has 6 rings (SSSR count). The first-order chi connectivity index (χ1) is 36.3. The van der Waals surface area contributed by atoms with Gasteiger partial charge < -0.3 is 44.4 Å². The third-order valence-electron chi connectivity index (χ3n) is 14.0. The normalized spacial score (nSPS) is 24.1. The number of nitrogens with zero attached hydrogens (tertiary/aromatic N) is 1. The molecular formula is C58H74N4O12S2. The zero-order valence-electron chi connectivity index (χ0n) is 45.1. The van der Waals surface area contributed by atoms with Crippen molar-refractivity contribution in [2.24, 2.45) is 40.5 Å². The molecule has 4 N–H and O–H groups in total. The van der Waals surface area contributed by atoms with Gasteiger partial charge in [0.1, 0.15) is 53.8 Å². The number of hydrogen-bond acceptors (Lipinski definition) is 15. The van der Waals surface area contributed by atoms with Gasteiger partial charge in [-0.3, -0.25) is 14.4 Å². The standard InChI is InChI=1S/C58H74N4O12S2/c1-32(2)56(67)71-22-17-23-75-39(9)54(65)61-52-48(57(68)73-50-35(5)24-33(3)25-36(50)6)46(41-18-13-11-14-19-41)43(59-52)28-44-47(42-20-15-12-16-21-42)49(58(69)74-51-37(7)26-34(4)27-38(51)8)53(60-44)62-55(66)40(10)76-45(72-31-64)29-70-30-63/h11-16,18-21,28,30,33-40,45,50-51,59,64H,1,17,22-27,29,31H2,2-10H3,(H,61,65)(H,60,62,66). The third-order valence-corrected chi connectivity index (χ3v) is 16.5. The molecule has 1 aliphatic heterocycles. The fraction of sp³-hybridized carbons (Fsp3) is 0.500. The van der Waals surface area contributed by atoms with Crippen LogP contribution in [0.2, 0.25) is 0 Å². The first-order valence-electron chi connectivity index (χ1n) is 26.1. The number of H-pyrrole nitrogens is 1. The number of nitrogens with one attached hydrogen (secondary N) is 3. The van der Waals surface area contributed by atoms with Crippen molar-refractivity contribution in [2.45, 2.75) is 123 Å². The summed E-state index contributed by atoms with van der Waals surface area (Å²) in [7, 11) is 0. The number of amides is 2. The molecular weight excluding hydrogens is 1010 g/mol. The van der Waals surface area contributed by atoms with Crippen molar-refractivity contribution in [3.05, 3.63) is 101 Å². The first kappa shape index (κ1) is 59.3. The fourth-order valence-electron chi connectivity index (χ4n) is 10.7. The predicted molar refractivity (Wildman–Crippen MR) is 298 cm³/mol. The lowest BCUT2D eigenvalue weighted by molar-refractivity contribution is -0.152. The van der Waals surface area contributed by atoms with Crippen LogP contribution in [0.4, 0.5) is 5.82 Å². The number of anilines is 1. The number of ether oxygens (including phenoxy) is 5. The van der Waals surface area contributed by atoms with E-state index in [4.69, 9.17) is 28.7 Å². The molecule has 0 radical (unpaired) electrons. The maximum Gasteiger partial charge on any atom is 0.342 e. The Morgan fingerprint density at radius 3 is 1.91 bits per heavy atom. The molecule has 7 atom stereocenters. The van der Waals surface area contributed by atoms with Crippen LogP contribution in [-0.4, -0.2) is 106 Å². The molecule has 2 fully saturated rings. The molecule has 0 bridgehead atoms. The average molecular weight is 1080 g/mol. The van der Waals surface area contributed by atoms with Crippen LogP contribution in [-0.2, 0) is 47.7 Å². The molecule has 18 heteroatoms. The number of aliphatic hydroxyl groups excluding tert-OH is 1. The van der Waals surface area contributed by atoms with E-state index in [1.165, 1.54) is 11.8 Å². The molecule has 76 heavy (non-hydrogen) atoms. The van der Waals surface area contributed by atoms with Crippen LogP contribution >= 0.6 is 23.5 Å². The third kappa shape index (κ3) is 15.4. The Balaban J connectivity index is 1.51. The van der Waals surface area contributed by atoms with E-state index >= 15 is 9.59 Å². The van der Waals surface area contributed by atoms with Gasteiger partial charge in [-0.05, 0) is 111 Å². The summed E-state index contributed by atoms with van der Waals surface area (Å²) in [4.78, 5) is 90.1. The quantitative estimate of drug-likeness (QED) is 0.0173. The molecule has 2 heterocycles. The van der Waals surface area contributed by atoms with E-state index in [0.29, 0.717) is 57.5 Å². The number of aliphatic imine (C=N–C) groups is 1. The number of rotatable bonds is 23. The second-order valence-electron chi connectivity index (χ2n) is 20.6. The highest BCUT2D eigenvalue weighted by Crippen LogP contribution is 2.43. The number of carbonyl (C=O) groups is 6. The molecule has 2 aliphatic carbocycles. The summed E-state index contributed by atoms with van der Waals surface area (Å²) in [6.07, 6.45) is 4.80. The Bertz CT molecular complexity index is 2630. The average Bonchev–Trinajstić information content (AvgIpc) is 3.94. The molecule has 3 aliphatic rings. The van der Waals surface area contributed by atoms with E-state index in [1.54, 1.807) is 26.8 Å². The number of thioether (sulfide) groups is 2. The van der Waals surface area contributed by atoms with Crippen LogP contribution in [0.5, 0.6) is 0 Å². The summed E-state index contributed by atoms with van der Waals surface area (Å²) in [6, 6.07) is 18.4. The van der Waals surface area contributed by atoms with Crippen LogP contribution in [0.15, 0.2) is 89.1 Å². The monoisotopic (exact) mass is 1080 g/mol. The molecule has 2 amide bonds. The number of benzene rings is 2. The van der Waals surface area contributed by atoms with Gasteiger partial charge in [0.15, 0.2) is 0 Å². The summed E-state index contributed by atoms with van der Waals surface area (Å²) < 4.78 is 28.5. The van der Waals surface area contributed by atoms with E-state index in [-0.39, 0.29) is 71.8 Å². The Morgan fingerprint density at radius 1 is 0.803 bits per heavy atom. The van der Waals surface area contributed by atoms with Gasteiger partial charge in [0.2, 0.25) is 11.8 Å². The Morgan fingerprint density at radius 2 is 1.36 bits per heavy atom. The number of aromatic nitrogens is 1. The second-order valence-corrected chi connectivity index (χ2v) is 23.6. The second kappa shape index (κ2) is 27.9. The van der Waals surface area contributed by atoms with Gasteiger partial charge >= 0.3 is 17.9 Å². The van der Waals surface area contributed by atoms with Gasteiger partial charge in [-0.2, -0.15) is 0 Å². The molecule has 2 saturated carbocycles. The highest BCUT2D eigenvalue weighted by atomic mass is 32.2. The minimum Gasteiger partial charge on any atom is -0.464 e.